The highest BCUT2D eigenvalue weighted by atomic mass is 16.6. The van der Waals surface area contributed by atoms with Gasteiger partial charge in [-0.25, -0.2) is 14.8 Å². The molecule has 2 fully saturated rings. The number of carbonyl (C=O) groups is 4. The molecule has 0 aliphatic carbocycles. The van der Waals surface area contributed by atoms with E-state index in [9.17, 15) is 24.3 Å². The molecule has 0 saturated carbocycles. The van der Waals surface area contributed by atoms with Crippen molar-refractivity contribution in [3.8, 4) is 11.4 Å². The van der Waals surface area contributed by atoms with Crippen LogP contribution in [0.1, 0.15) is 63.4 Å². The fourth-order valence-corrected chi connectivity index (χ4v) is 5.51. The van der Waals surface area contributed by atoms with Crippen molar-refractivity contribution in [3.63, 3.8) is 0 Å². The van der Waals surface area contributed by atoms with E-state index in [2.05, 4.69) is 10.3 Å². The number of aliphatic hydroxyl groups excluding tert-OH is 1. The summed E-state index contributed by atoms with van der Waals surface area (Å²) in [6, 6.07) is 9.68. The average molecular weight is 625 g/mol. The van der Waals surface area contributed by atoms with Crippen LogP contribution in [0.2, 0.25) is 0 Å². The Hall–Kier alpha value is -4.26. The summed E-state index contributed by atoms with van der Waals surface area (Å²) >= 11 is 0. The third-order valence-corrected chi connectivity index (χ3v) is 7.79. The quantitative estimate of drug-likeness (QED) is 0.398. The monoisotopic (exact) mass is 624 g/mol. The molecule has 0 spiro atoms. The number of amides is 3. The van der Waals surface area contributed by atoms with Gasteiger partial charge < -0.3 is 34.6 Å². The normalized spacial score (nSPS) is 17.8. The summed E-state index contributed by atoms with van der Waals surface area (Å²) in [5.41, 5.74) is 0.0783. The summed E-state index contributed by atoms with van der Waals surface area (Å²) in [7, 11) is 1.30. The van der Waals surface area contributed by atoms with Crippen molar-refractivity contribution in [2.75, 3.05) is 51.3 Å². The van der Waals surface area contributed by atoms with Crippen LogP contribution in [0, 0.1) is 0 Å². The molecular weight excluding hydrogens is 580 g/mol. The number of rotatable bonds is 9. The molecule has 3 heterocycles. The highest BCUT2D eigenvalue weighted by Crippen LogP contribution is 2.26. The maximum atomic E-state index is 13.8. The number of piperazine rings is 1. The Bertz CT molecular complexity index is 1340. The highest BCUT2D eigenvalue weighted by Gasteiger charge is 2.32. The number of esters is 1. The zero-order valence-electron chi connectivity index (χ0n) is 26.5. The van der Waals surface area contributed by atoms with Crippen LogP contribution in [-0.4, -0.2) is 113 Å². The van der Waals surface area contributed by atoms with E-state index in [1.54, 1.807) is 31.7 Å². The molecule has 2 aliphatic rings. The lowest BCUT2D eigenvalue weighted by atomic mass is 10.0. The molecule has 13 heteroatoms. The van der Waals surface area contributed by atoms with Crippen molar-refractivity contribution in [3.05, 3.63) is 42.1 Å². The van der Waals surface area contributed by atoms with Crippen molar-refractivity contribution in [2.45, 2.75) is 70.6 Å². The number of benzene rings is 1. The lowest BCUT2D eigenvalue weighted by Crippen LogP contribution is -2.56. The molecular formula is C32H44N6O7. The van der Waals surface area contributed by atoms with Crippen LogP contribution < -0.4 is 10.2 Å². The van der Waals surface area contributed by atoms with E-state index in [4.69, 9.17) is 14.5 Å². The maximum absolute atomic E-state index is 13.8. The zero-order chi connectivity index (χ0) is 32.6. The van der Waals surface area contributed by atoms with Gasteiger partial charge in [0.25, 0.3) is 5.91 Å². The number of piperidine rings is 1. The van der Waals surface area contributed by atoms with Crippen LogP contribution in [-0.2, 0) is 19.1 Å². The Morgan fingerprint density at radius 2 is 1.69 bits per heavy atom. The second kappa shape index (κ2) is 15.2. The smallest absolute Gasteiger partial charge is 0.409 e. The zero-order valence-corrected chi connectivity index (χ0v) is 26.5. The molecule has 2 unspecified atom stereocenters. The van der Waals surface area contributed by atoms with Crippen LogP contribution in [0.15, 0.2) is 36.4 Å². The Balaban J connectivity index is 1.60. The third kappa shape index (κ3) is 9.13. The highest BCUT2D eigenvalue weighted by molar-refractivity contribution is 5.97. The molecule has 1 aromatic carbocycles. The van der Waals surface area contributed by atoms with E-state index >= 15 is 0 Å². The molecule has 2 atom stereocenters. The Kier molecular flexibility index (Phi) is 11.3. The van der Waals surface area contributed by atoms with E-state index in [0.29, 0.717) is 23.8 Å². The topological polar surface area (TPSA) is 154 Å². The van der Waals surface area contributed by atoms with Crippen LogP contribution in [0.3, 0.4) is 0 Å². The molecule has 45 heavy (non-hydrogen) atoms. The molecule has 4 rings (SSSR count). The molecule has 2 saturated heterocycles. The van der Waals surface area contributed by atoms with Gasteiger partial charge in [0.15, 0.2) is 5.82 Å². The van der Waals surface area contributed by atoms with Gasteiger partial charge in [-0.1, -0.05) is 30.3 Å². The molecule has 13 nitrogen and oxygen atoms in total. The van der Waals surface area contributed by atoms with Crippen LogP contribution in [0.4, 0.5) is 10.6 Å². The van der Waals surface area contributed by atoms with Gasteiger partial charge in [-0.2, -0.15) is 0 Å². The first-order valence-corrected chi connectivity index (χ1v) is 15.5. The Morgan fingerprint density at radius 1 is 1.00 bits per heavy atom. The van der Waals surface area contributed by atoms with Gasteiger partial charge in [0.05, 0.1) is 19.8 Å². The minimum atomic E-state index is -1.05. The first kappa shape index (κ1) is 33.6. The summed E-state index contributed by atoms with van der Waals surface area (Å²) in [6.45, 7) is 6.97. The van der Waals surface area contributed by atoms with Gasteiger partial charge in [0.2, 0.25) is 5.91 Å². The van der Waals surface area contributed by atoms with Crippen LogP contribution >= 0.6 is 0 Å². The molecule has 0 bridgehead atoms. The van der Waals surface area contributed by atoms with Crippen molar-refractivity contribution in [1.29, 1.82) is 0 Å². The van der Waals surface area contributed by atoms with Gasteiger partial charge in [-0.15, -0.1) is 0 Å². The SMILES string of the molecule is COC(=O)N1CCN(C(=O)C(CCC(=O)OC(C)(C)C)NC(=O)c2cc(N3CCCCC3CO)nc(-c3ccccc3)n2)CC1. The predicted octanol–water partition coefficient (Wildman–Crippen LogP) is 2.63. The average Bonchev–Trinajstić information content (AvgIpc) is 3.05. The van der Waals surface area contributed by atoms with Crippen LogP contribution in [0.25, 0.3) is 11.4 Å². The summed E-state index contributed by atoms with van der Waals surface area (Å²) in [5, 5.41) is 12.9. The number of aliphatic hydroxyl groups is 1. The second-order valence-electron chi connectivity index (χ2n) is 12.3. The fourth-order valence-electron chi connectivity index (χ4n) is 5.51. The maximum Gasteiger partial charge on any atom is 0.409 e. The number of anilines is 1. The number of aromatic nitrogens is 2. The Labute approximate surface area is 263 Å². The van der Waals surface area contributed by atoms with Gasteiger partial charge in [-0.3, -0.25) is 14.4 Å². The number of nitrogens with zero attached hydrogens (tertiary/aromatic N) is 5. The van der Waals surface area contributed by atoms with Crippen molar-refractivity contribution in [1.82, 2.24) is 25.1 Å². The number of hydrogen-bond acceptors (Lipinski definition) is 10. The molecule has 3 amide bonds. The van der Waals surface area contributed by atoms with Gasteiger partial charge >= 0.3 is 12.1 Å². The fraction of sp³-hybridized carbons (Fsp3) is 0.562. The Morgan fingerprint density at radius 3 is 2.33 bits per heavy atom. The van der Waals surface area contributed by atoms with Gasteiger partial charge in [0, 0.05) is 50.8 Å². The van der Waals surface area contributed by atoms with Gasteiger partial charge in [0.1, 0.15) is 23.2 Å². The lowest BCUT2D eigenvalue weighted by molar-refractivity contribution is -0.155. The van der Waals surface area contributed by atoms with Crippen molar-refractivity contribution >= 4 is 29.7 Å². The first-order valence-electron chi connectivity index (χ1n) is 15.5. The first-order chi connectivity index (χ1) is 21.5. The summed E-state index contributed by atoms with van der Waals surface area (Å²) in [5.74, 6) is -0.588. The molecule has 1 aromatic heterocycles. The predicted molar refractivity (Wildman–Crippen MR) is 166 cm³/mol. The van der Waals surface area contributed by atoms with Crippen molar-refractivity contribution < 1.29 is 33.8 Å². The number of hydrogen-bond donors (Lipinski definition) is 2. The summed E-state index contributed by atoms with van der Waals surface area (Å²) in [4.78, 5) is 66.5. The number of carbonyl (C=O) groups excluding carboxylic acids is 4. The summed E-state index contributed by atoms with van der Waals surface area (Å²) in [6.07, 6.45) is 2.16. The van der Waals surface area contributed by atoms with E-state index < -0.39 is 29.6 Å². The van der Waals surface area contributed by atoms with Crippen LogP contribution in [0.5, 0.6) is 0 Å². The standard InChI is InChI=1S/C32H44N6O7/c1-32(2,3)45-27(40)14-13-24(30(42)36-16-18-37(19-17-36)31(43)44-4)34-29(41)25-20-26(38-15-9-8-12-23(38)21-39)35-28(33-25)22-10-6-5-7-11-22/h5-7,10-11,20,23-24,39H,8-9,12-19,21H2,1-4H3,(H,34,41). The summed E-state index contributed by atoms with van der Waals surface area (Å²) < 4.78 is 10.2. The lowest BCUT2D eigenvalue weighted by Gasteiger charge is -2.36. The molecule has 0 radical (unpaired) electrons. The minimum Gasteiger partial charge on any atom is -0.460 e. The minimum absolute atomic E-state index is 0.0128. The van der Waals surface area contributed by atoms with E-state index in [-0.39, 0.29) is 63.3 Å². The number of ether oxygens (including phenoxy) is 2. The largest absolute Gasteiger partial charge is 0.460 e. The molecule has 244 valence electrons. The second-order valence-corrected chi connectivity index (χ2v) is 12.3. The van der Waals surface area contributed by atoms with E-state index in [1.807, 2.05) is 35.2 Å². The number of methoxy groups -OCH3 is 1. The third-order valence-electron chi connectivity index (χ3n) is 7.79. The van der Waals surface area contributed by atoms with E-state index in [1.165, 1.54) is 12.0 Å². The molecule has 2 aliphatic heterocycles. The van der Waals surface area contributed by atoms with E-state index in [0.717, 1.165) is 19.3 Å². The van der Waals surface area contributed by atoms with Gasteiger partial charge in [-0.05, 0) is 46.5 Å². The van der Waals surface area contributed by atoms with Crippen molar-refractivity contribution in [2.24, 2.45) is 0 Å². The number of nitrogens with one attached hydrogen (secondary N) is 1. The molecule has 2 N–H and O–H groups in total. The molecule has 2 aromatic rings.